The van der Waals surface area contributed by atoms with Gasteiger partial charge in [-0.1, -0.05) is 12.1 Å². The molecule has 0 saturated carbocycles. The van der Waals surface area contributed by atoms with E-state index < -0.39 is 11.7 Å². The van der Waals surface area contributed by atoms with Crippen LogP contribution in [0.2, 0.25) is 0 Å². The van der Waals surface area contributed by atoms with Crippen molar-refractivity contribution < 1.29 is 13.9 Å². The number of carbonyl (C=O) groups is 1. The molecule has 2 aromatic heterocycles. The topological polar surface area (TPSA) is 111 Å². The van der Waals surface area contributed by atoms with Crippen LogP contribution in [-0.4, -0.2) is 90.2 Å². The first-order valence-electron chi connectivity index (χ1n) is 12.7. The zero-order valence-electron chi connectivity index (χ0n) is 21.4. The number of carbonyl (C=O) groups excluding carboxylic acids is 1. The zero-order chi connectivity index (χ0) is 26.3. The van der Waals surface area contributed by atoms with Gasteiger partial charge in [-0.15, -0.1) is 0 Å². The number of pyridine rings is 1. The lowest BCUT2D eigenvalue weighted by Gasteiger charge is -2.32. The number of benzene rings is 1. The van der Waals surface area contributed by atoms with Crippen molar-refractivity contribution in [1.82, 2.24) is 30.2 Å². The van der Waals surface area contributed by atoms with Gasteiger partial charge < -0.3 is 19.9 Å². The van der Waals surface area contributed by atoms with Gasteiger partial charge in [0.1, 0.15) is 5.69 Å². The highest BCUT2D eigenvalue weighted by Gasteiger charge is 2.18. The Hall–Kier alpha value is -3.87. The van der Waals surface area contributed by atoms with Gasteiger partial charge in [-0.3, -0.25) is 25.5 Å². The molecule has 0 bridgehead atoms. The van der Waals surface area contributed by atoms with E-state index in [1.807, 2.05) is 12.1 Å². The largest absolute Gasteiger partial charge is 0.378 e. The van der Waals surface area contributed by atoms with Crippen molar-refractivity contribution in [1.29, 1.82) is 0 Å². The molecule has 3 N–H and O–H groups in total. The monoisotopic (exact) mass is 521 g/mol. The number of piperazine rings is 1. The minimum atomic E-state index is -0.531. The molecule has 3 aromatic rings. The summed E-state index contributed by atoms with van der Waals surface area (Å²) in [6, 6.07) is 11.7. The maximum absolute atomic E-state index is 14.2. The minimum absolute atomic E-state index is 0.0761. The van der Waals surface area contributed by atoms with Gasteiger partial charge in [0.15, 0.2) is 11.6 Å². The van der Waals surface area contributed by atoms with E-state index >= 15 is 0 Å². The molecule has 38 heavy (non-hydrogen) atoms. The number of anilines is 4. The number of ether oxygens (including phenoxy) is 1. The summed E-state index contributed by atoms with van der Waals surface area (Å²) in [5, 5.41) is 3.32. The van der Waals surface area contributed by atoms with Crippen LogP contribution in [-0.2, 0) is 11.3 Å². The summed E-state index contributed by atoms with van der Waals surface area (Å²) in [6.07, 6.45) is 2.63. The first-order valence-corrected chi connectivity index (χ1v) is 12.7. The van der Waals surface area contributed by atoms with E-state index in [9.17, 15) is 9.18 Å². The van der Waals surface area contributed by atoms with E-state index in [0.29, 0.717) is 26.3 Å². The molecule has 2 fully saturated rings. The lowest BCUT2D eigenvalue weighted by Crippen LogP contribution is -2.43. The molecule has 0 aliphatic carbocycles. The molecule has 12 heteroatoms. The fourth-order valence-electron chi connectivity index (χ4n) is 4.35. The van der Waals surface area contributed by atoms with Crippen molar-refractivity contribution in [2.45, 2.75) is 6.54 Å². The Bertz CT molecular complexity index is 1230. The van der Waals surface area contributed by atoms with Gasteiger partial charge in [0, 0.05) is 63.4 Å². The maximum Gasteiger partial charge on any atom is 0.288 e. The van der Waals surface area contributed by atoms with Crippen LogP contribution in [0.3, 0.4) is 0 Å². The van der Waals surface area contributed by atoms with Crippen LogP contribution < -0.4 is 21.1 Å². The maximum atomic E-state index is 14.2. The van der Waals surface area contributed by atoms with E-state index in [2.05, 4.69) is 60.1 Å². The molecule has 0 atom stereocenters. The molecular weight excluding hydrogens is 489 g/mol. The summed E-state index contributed by atoms with van der Waals surface area (Å²) in [7, 11) is 2.16. The van der Waals surface area contributed by atoms with Crippen molar-refractivity contribution in [2.24, 2.45) is 0 Å². The molecular formula is C26H32FN9O2. The third-order valence-corrected chi connectivity index (χ3v) is 6.56. The van der Waals surface area contributed by atoms with E-state index in [1.54, 1.807) is 23.2 Å². The van der Waals surface area contributed by atoms with Gasteiger partial charge in [0.25, 0.3) is 5.91 Å². The summed E-state index contributed by atoms with van der Waals surface area (Å²) in [5.41, 5.74) is 8.28. The van der Waals surface area contributed by atoms with Gasteiger partial charge in [-0.2, -0.15) is 4.98 Å². The summed E-state index contributed by atoms with van der Waals surface area (Å²) >= 11 is 0. The molecule has 0 radical (unpaired) electrons. The van der Waals surface area contributed by atoms with Crippen molar-refractivity contribution >= 4 is 29.0 Å². The summed E-state index contributed by atoms with van der Waals surface area (Å²) < 4.78 is 19.5. The molecule has 2 saturated heterocycles. The number of nitrogens with one attached hydrogen (secondary N) is 3. The molecule has 2 aliphatic heterocycles. The lowest BCUT2D eigenvalue weighted by atomic mass is 10.1. The Balaban J connectivity index is 1.16. The molecule has 0 spiro atoms. The Kier molecular flexibility index (Phi) is 8.22. The van der Waals surface area contributed by atoms with Gasteiger partial charge >= 0.3 is 0 Å². The quantitative estimate of drug-likeness (QED) is 0.381. The van der Waals surface area contributed by atoms with E-state index in [1.165, 1.54) is 5.56 Å². The molecule has 11 nitrogen and oxygen atoms in total. The highest BCUT2D eigenvalue weighted by molar-refractivity contribution is 5.93. The Morgan fingerprint density at radius 2 is 1.76 bits per heavy atom. The van der Waals surface area contributed by atoms with E-state index in [0.717, 1.165) is 50.3 Å². The summed E-state index contributed by atoms with van der Waals surface area (Å²) in [6.45, 7) is 7.35. The average Bonchev–Trinajstić information content (AvgIpc) is 2.95. The summed E-state index contributed by atoms with van der Waals surface area (Å²) in [5.74, 6) is -0.764. The molecule has 200 valence electrons. The number of nitrogens with zero attached hydrogens (tertiary/aromatic N) is 6. The molecule has 5 rings (SSSR count). The van der Waals surface area contributed by atoms with Crippen LogP contribution in [0.1, 0.15) is 16.1 Å². The first-order chi connectivity index (χ1) is 18.5. The van der Waals surface area contributed by atoms with Gasteiger partial charge in [0.2, 0.25) is 5.95 Å². The Labute approximate surface area is 221 Å². The van der Waals surface area contributed by atoms with Crippen LogP contribution in [0.5, 0.6) is 0 Å². The second-order valence-electron chi connectivity index (χ2n) is 9.37. The standard InChI is InChI=1S/C26H32FN9O2/c1-34-8-10-35(11-9-34)18-19-2-4-20(5-3-19)30-21-6-7-28-23(16-21)25(37)32-33-26-29-17-22(27)24(31-26)36-12-14-38-15-13-36/h2-7,16-17H,8-15,18H2,1H3,(H,28,30)(H,32,37)(H,29,31,33). The second kappa shape index (κ2) is 12.1. The highest BCUT2D eigenvalue weighted by Crippen LogP contribution is 2.20. The van der Waals surface area contributed by atoms with Crippen LogP contribution in [0.4, 0.5) is 27.5 Å². The number of morpholine rings is 1. The number of amides is 1. The number of hydrazine groups is 1. The fraction of sp³-hybridized carbons (Fsp3) is 0.385. The third kappa shape index (κ3) is 6.71. The fourth-order valence-corrected chi connectivity index (χ4v) is 4.35. The predicted molar refractivity (Wildman–Crippen MR) is 143 cm³/mol. The first kappa shape index (κ1) is 25.8. The number of hydrogen-bond acceptors (Lipinski definition) is 10. The van der Waals surface area contributed by atoms with Crippen molar-refractivity contribution in [3.8, 4) is 0 Å². The van der Waals surface area contributed by atoms with Crippen LogP contribution in [0.25, 0.3) is 0 Å². The SMILES string of the molecule is CN1CCN(Cc2ccc(Nc3ccnc(C(=O)NNc4ncc(F)c(N5CCOCC5)n4)c3)cc2)CC1. The average molecular weight is 522 g/mol. The van der Waals surface area contributed by atoms with E-state index in [4.69, 9.17) is 4.74 Å². The number of aromatic nitrogens is 3. The minimum Gasteiger partial charge on any atom is -0.378 e. The summed E-state index contributed by atoms with van der Waals surface area (Å²) in [4.78, 5) is 31.6. The Morgan fingerprint density at radius 3 is 2.53 bits per heavy atom. The number of halogens is 1. The van der Waals surface area contributed by atoms with Crippen LogP contribution >= 0.6 is 0 Å². The smallest absolute Gasteiger partial charge is 0.288 e. The number of likely N-dealkylation sites (N-methyl/N-ethyl adjacent to an activating group) is 1. The van der Waals surface area contributed by atoms with Crippen molar-refractivity contribution in [3.63, 3.8) is 0 Å². The van der Waals surface area contributed by atoms with Crippen molar-refractivity contribution in [2.75, 3.05) is 75.2 Å². The molecule has 1 aromatic carbocycles. The third-order valence-electron chi connectivity index (χ3n) is 6.56. The zero-order valence-corrected chi connectivity index (χ0v) is 21.4. The second-order valence-corrected chi connectivity index (χ2v) is 9.37. The van der Waals surface area contributed by atoms with Crippen molar-refractivity contribution in [3.05, 3.63) is 65.9 Å². The highest BCUT2D eigenvalue weighted by atomic mass is 19.1. The number of rotatable bonds is 8. The van der Waals surface area contributed by atoms with Crippen LogP contribution in [0.15, 0.2) is 48.8 Å². The normalized spacial score (nSPS) is 16.7. The lowest BCUT2D eigenvalue weighted by molar-refractivity contribution is 0.0957. The number of hydrogen-bond donors (Lipinski definition) is 3. The molecule has 0 unspecified atom stereocenters. The van der Waals surface area contributed by atoms with E-state index in [-0.39, 0.29) is 17.5 Å². The molecule has 4 heterocycles. The molecule has 2 aliphatic rings. The van der Waals surface area contributed by atoms with Crippen LogP contribution in [0, 0.1) is 5.82 Å². The van der Waals surface area contributed by atoms with Gasteiger partial charge in [-0.25, -0.2) is 9.37 Å². The van der Waals surface area contributed by atoms with Gasteiger partial charge in [-0.05, 0) is 36.9 Å². The Morgan fingerprint density at radius 1 is 1.00 bits per heavy atom. The molecule has 1 amide bonds. The van der Waals surface area contributed by atoms with Gasteiger partial charge in [0.05, 0.1) is 19.4 Å². The predicted octanol–water partition coefficient (Wildman–Crippen LogP) is 2.10.